The molecule has 0 aliphatic carbocycles. The van der Waals surface area contributed by atoms with Gasteiger partial charge in [0, 0.05) is 25.3 Å². The molecule has 2 aromatic carbocycles. The van der Waals surface area contributed by atoms with Crippen molar-refractivity contribution in [2.24, 2.45) is 0 Å². The minimum atomic E-state index is -0.891. The van der Waals surface area contributed by atoms with Gasteiger partial charge >= 0.3 is 12.0 Å². The van der Waals surface area contributed by atoms with Gasteiger partial charge in [-0.05, 0) is 43.4 Å². The van der Waals surface area contributed by atoms with E-state index in [1.54, 1.807) is 41.1 Å². The minimum Gasteiger partial charge on any atom is -0.480 e. The van der Waals surface area contributed by atoms with Crippen LogP contribution >= 0.6 is 0 Å². The fraction of sp³-hybridized carbons (Fsp3) is 0.333. The van der Waals surface area contributed by atoms with Crippen molar-refractivity contribution < 1.29 is 24.2 Å². The number of anilines is 1. The first-order valence-electron chi connectivity index (χ1n) is 9.40. The highest BCUT2D eigenvalue weighted by atomic mass is 16.5. The number of aliphatic carboxylic acids is 1. The summed E-state index contributed by atoms with van der Waals surface area (Å²) in [6.45, 7) is 1.69. The number of para-hydroxylation sites is 1. The van der Waals surface area contributed by atoms with Crippen LogP contribution < -0.4 is 10.1 Å². The lowest BCUT2D eigenvalue weighted by Crippen LogP contribution is -2.50. The lowest BCUT2D eigenvalue weighted by atomic mass is 10.2. The molecule has 0 saturated carbocycles. The molecular weight excluding hydrogens is 374 g/mol. The summed E-state index contributed by atoms with van der Waals surface area (Å²) in [5.74, 6) is 0.538. The number of nitrogens with one attached hydrogen (secondary N) is 1. The highest BCUT2D eigenvalue weighted by molar-refractivity contribution is 5.89. The van der Waals surface area contributed by atoms with Gasteiger partial charge in [0.1, 0.15) is 11.5 Å². The molecule has 1 saturated heterocycles. The summed E-state index contributed by atoms with van der Waals surface area (Å²) in [6, 6.07) is 16.4. The van der Waals surface area contributed by atoms with Crippen LogP contribution in [0.3, 0.4) is 0 Å². The first kappa shape index (κ1) is 20.6. The van der Waals surface area contributed by atoms with E-state index >= 15 is 0 Å². The third kappa shape index (κ3) is 6.48. The van der Waals surface area contributed by atoms with Gasteiger partial charge in [-0.25, -0.2) is 4.79 Å². The Labute approximate surface area is 169 Å². The summed E-state index contributed by atoms with van der Waals surface area (Å²) >= 11 is 0. The van der Waals surface area contributed by atoms with Crippen LogP contribution in [-0.4, -0.2) is 72.8 Å². The van der Waals surface area contributed by atoms with Crippen molar-refractivity contribution in [3.05, 3.63) is 54.6 Å². The fourth-order valence-corrected chi connectivity index (χ4v) is 3.09. The Bertz CT molecular complexity index is 813. The molecule has 1 fully saturated rings. The van der Waals surface area contributed by atoms with E-state index in [1.165, 1.54) is 0 Å². The van der Waals surface area contributed by atoms with Gasteiger partial charge in [-0.3, -0.25) is 9.69 Å². The second-order valence-electron chi connectivity index (χ2n) is 6.90. The van der Waals surface area contributed by atoms with E-state index < -0.39 is 5.97 Å². The molecule has 1 aliphatic rings. The monoisotopic (exact) mass is 399 g/mol. The quantitative estimate of drug-likeness (QED) is 0.744. The Balaban J connectivity index is 1.50. The summed E-state index contributed by atoms with van der Waals surface area (Å²) in [6.07, 6.45) is -0.222. The minimum absolute atomic E-state index is 0.0660. The molecule has 2 N–H and O–H groups in total. The number of morpholine rings is 1. The fourth-order valence-electron chi connectivity index (χ4n) is 3.09. The van der Waals surface area contributed by atoms with Crippen molar-refractivity contribution in [1.82, 2.24) is 9.80 Å². The number of hydrogen-bond acceptors (Lipinski definition) is 5. The van der Waals surface area contributed by atoms with Gasteiger partial charge in [-0.2, -0.15) is 0 Å². The van der Waals surface area contributed by atoms with Gasteiger partial charge in [-0.1, -0.05) is 18.2 Å². The van der Waals surface area contributed by atoms with Crippen LogP contribution in [0.15, 0.2) is 54.6 Å². The Hall–Kier alpha value is -3.10. The smallest absolute Gasteiger partial charge is 0.322 e. The van der Waals surface area contributed by atoms with Crippen molar-refractivity contribution in [3.63, 3.8) is 0 Å². The number of urea groups is 1. The van der Waals surface area contributed by atoms with Crippen LogP contribution in [0, 0.1) is 0 Å². The van der Waals surface area contributed by atoms with E-state index in [1.807, 2.05) is 30.3 Å². The summed E-state index contributed by atoms with van der Waals surface area (Å²) in [5.41, 5.74) is 0.668. The number of carbonyl (C=O) groups excluding carboxylic acids is 1. The molecule has 1 heterocycles. The molecule has 3 rings (SSSR count). The Morgan fingerprint density at radius 3 is 2.55 bits per heavy atom. The zero-order chi connectivity index (χ0) is 20.6. The molecule has 2 aromatic rings. The number of rotatable bonds is 7. The molecule has 8 heteroatoms. The topological polar surface area (TPSA) is 91.3 Å². The molecule has 1 unspecified atom stereocenters. The Kier molecular flexibility index (Phi) is 7.04. The first-order chi connectivity index (χ1) is 14.0. The summed E-state index contributed by atoms with van der Waals surface area (Å²) in [4.78, 5) is 26.7. The number of carbonyl (C=O) groups is 2. The van der Waals surface area contributed by atoms with E-state index in [4.69, 9.17) is 14.6 Å². The molecule has 2 amide bonds. The SMILES string of the molecule is CN(CC(=O)O)CC1CN(C(=O)Nc2ccc(Oc3ccccc3)cc2)CCO1. The predicted molar refractivity (Wildman–Crippen MR) is 108 cm³/mol. The average molecular weight is 399 g/mol. The number of likely N-dealkylation sites (N-methyl/N-ethyl adjacent to an activating group) is 1. The molecule has 1 atom stereocenters. The van der Waals surface area contributed by atoms with E-state index in [9.17, 15) is 9.59 Å². The highest BCUT2D eigenvalue weighted by Gasteiger charge is 2.25. The summed E-state index contributed by atoms with van der Waals surface area (Å²) in [7, 11) is 1.72. The molecule has 1 aliphatic heterocycles. The molecule has 154 valence electrons. The van der Waals surface area contributed by atoms with Crippen LogP contribution in [-0.2, 0) is 9.53 Å². The first-order valence-corrected chi connectivity index (χ1v) is 9.40. The van der Waals surface area contributed by atoms with Gasteiger partial charge in [-0.15, -0.1) is 0 Å². The van der Waals surface area contributed by atoms with E-state index in [0.29, 0.717) is 37.7 Å². The number of ether oxygens (including phenoxy) is 2. The Morgan fingerprint density at radius 1 is 1.17 bits per heavy atom. The van der Waals surface area contributed by atoms with Crippen molar-refractivity contribution in [1.29, 1.82) is 0 Å². The molecule has 0 bridgehead atoms. The van der Waals surface area contributed by atoms with E-state index in [-0.39, 0.29) is 18.7 Å². The molecule has 0 radical (unpaired) electrons. The van der Waals surface area contributed by atoms with Crippen LogP contribution in [0.5, 0.6) is 11.5 Å². The number of benzene rings is 2. The number of nitrogens with zero attached hydrogens (tertiary/aromatic N) is 2. The molecule has 0 aromatic heterocycles. The molecular formula is C21H25N3O5. The third-order valence-corrected chi connectivity index (χ3v) is 4.43. The maximum Gasteiger partial charge on any atom is 0.322 e. The summed E-state index contributed by atoms with van der Waals surface area (Å²) < 4.78 is 11.4. The third-order valence-electron chi connectivity index (χ3n) is 4.43. The lowest BCUT2D eigenvalue weighted by Gasteiger charge is -2.34. The van der Waals surface area contributed by atoms with Crippen LogP contribution in [0.2, 0.25) is 0 Å². The molecule has 29 heavy (non-hydrogen) atoms. The normalized spacial score (nSPS) is 16.5. The molecule has 0 spiro atoms. The van der Waals surface area contributed by atoms with Gasteiger partial charge in [0.15, 0.2) is 0 Å². The maximum atomic E-state index is 12.6. The average Bonchev–Trinajstić information content (AvgIpc) is 2.70. The van der Waals surface area contributed by atoms with Crippen LogP contribution in [0.4, 0.5) is 10.5 Å². The zero-order valence-electron chi connectivity index (χ0n) is 16.3. The van der Waals surface area contributed by atoms with Gasteiger partial charge in [0.25, 0.3) is 0 Å². The number of amides is 2. The standard InChI is InChI=1S/C21H25N3O5/c1-23(15-20(25)26)13-19-14-24(11-12-28-19)21(27)22-16-7-9-18(10-8-16)29-17-5-3-2-4-6-17/h2-10,19H,11-15H2,1H3,(H,22,27)(H,25,26). The van der Waals surface area contributed by atoms with Crippen LogP contribution in [0.25, 0.3) is 0 Å². The lowest BCUT2D eigenvalue weighted by molar-refractivity contribution is -0.138. The number of carboxylic acid groups (broad SMARTS) is 1. The zero-order valence-corrected chi connectivity index (χ0v) is 16.3. The van der Waals surface area contributed by atoms with E-state index in [0.717, 1.165) is 5.75 Å². The van der Waals surface area contributed by atoms with Gasteiger partial charge in [0.2, 0.25) is 0 Å². The van der Waals surface area contributed by atoms with Crippen molar-refractivity contribution in [2.75, 3.05) is 45.2 Å². The van der Waals surface area contributed by atoms with Crippen molar-refractivity contribution in [3.8, 4) is 11.5 Å². The largest absolute Gasteiger partial charge is 0.480 e. The van der Waals surface area contributed by atoms with Crippen molar-refractivity contribution >= 4 is 17.7 Å². The summed E-state index contributed by atoms with van der Waals surface area (Å²) in [5, 5.41) is 11.7. The van der Waals surface area contributed by atoms with Crippen LogP contribution in [0.1, 0.15) is 0 Å². The van der Waals surface area contributed by atoms with Gasteiger partial charge < -0.3 is 24.8 Å². The van der Waals surface area contributed by atoms with Crippen molar-refractivity contribution in [2.45, 2.75) is 6.10 Å². The second kappa shape index (κ2) is 9.90. The van der Waals surface area contributed by atoms with E-state index in [2.05, 4.69) is 5.32 Å². The van der Waals surface area contributed by atoms with Gasteiger partial charge in [0.05, 0.1) is 19.3 Å². The maximum absolute atomic E-state index is 12.6. The number of carboxylic acids is 1. The Morgan fingerprint density at radius 2 is 1.86 bits per heavy atom. The molecule has 8 nitrogen and oxygen atoms in total. The number of hydrogen-bond donors (Lipinski definition) is 2. The highest BCUT2D eigenvalue weighted by Crippen LogP contribution is 2.23. The predicted octanol–water partition coefficient (Wildman–Crippen LogP) is 2.73. The second-order valence-corrected chi connectivity index (χ2v) is 6.90.